The summed E-state index contributed by atoms with van der Waals surface area (Å²) in [6.45, 7) is 2.42. The summed E-state index contributed by atoms with van der Waals surface area (Å²) in [5, 5.41) is 3.90. The molecule has 2 N–H and O–H groups in total. The third-order valence-corrected chi connectivity index (χ3v) is 4.45. The van der Waals surface area contributed by atoms with Crippen LogP contribution in [0, 0.1) is 5.82 Å². The fourth-order valence-corrected chi connectivity index (χ4v) is 3.07. The molecule has 0 fully saturated rings. The predicted molar refractivity (Wildman–Crippen MR) is 94.9 cm³/mol. The van der Waals surface area contributed by atoms with Crippen LogP contribution in [0.3, 0.4) is 0 Å². The number of amides is 1. The first-order valence-corrected chi connectivity index (χ1v) is 8.42. The number of rotatable bonds is 6. The van der Waals surface area contributed by atoms with Gasteiger partial charge in [-0.1, -0.05) is 47.5 Å². The largest absolute Gasteiger partial charge is 0.345 e. The number of hydrogen-bond donors (Lipinski definition) is 2. The van der Waals surface area contributed by atoms with Gasteiger partial charge < -0.3 is 10.2 Å². The first-order valence-electron chi connectivity index (χ1n) is 7.66. The van der Waals surface area contributed by atoms with Crippen molar-refractivity contribution in [1.29, 1.82) is 0 Å². The van der Waals surface area contributed by atoms with Crippen LogP contribution in [0.1, 0.15) is 24.1 Å². The van der Waals surface area contributed by atoms with Crippen molar-refractivity contribution in [3.63, 3.8) is 0 Å². The Labute approximate surface area is 151 Å². The molecule has 1 unspecified atom stereocenters. The van der Waals surface area contributed by atoms with Gasteiger partial charge in [-0.2, -0.15) is 0 Å². The third-order valence-electron chi connectivity index (χ3n) is 3.75. The van der Waals surface area contributed by atoms with Crippen LogP contribution in [0.4, 0.5) is 4.39 Å². The second kappa shape index (κ2) is 8.47. The summed E-state index contributed by atoms with van der Waals surface area (Å²) in [4.78, 5) is 13.0. The number of quaternary nitrogens is 1. The van der Waals surface area contributed by atoms with Crippen molar-refractivity contribution in [3.05, 3.63) is 69.5 Å². The van der Waals surface area contributed by atoms with E-state index in [0.29, 0.717) is 22.2 Å². The van der Waals surface area contributed by atoms with Gasteiger partial charge in [0.05, 0.1) is 23.7 Å². The molecule has 0 bridgehead atoms. The van der Waals surface area contributed by atoms with E-state index < -0.39 is 0 Å². The van der Waals surface area contributed by atoms with Crippen molar-refractivity contribution in [3.8, 4) is 0 Å². The predicted octanol–water partition coefficient (Wildman–Crippen LogP) is 3.02. The van der Waals surface area contributed by atoms with E-state index in [1.807, 2.05) is 32.2 Å². The SMILES string of the molecule is C[C@@H](NC(=O)C[NH+](C)Cc1c(F)cccc1Cl)c1ccccc1Cl. The van der Waals surface area contributed by atoms with Crippen molar-refractivity contribution in [2.24, 2.45) is 0 Å². The Bertz CT molecular complexity index is 704. The summed E-state index contributed by atoms with van der Waals surface area (Å²) in [7, 11) is 1.82. The molecule has 0 heterocycles. The molecule has 0 aliphatic heterocycles. The molecule has 1 amide bonds. The molecular weight excluding hydrogens is 350 g/mol. The molecule has 2 aromatic rings. The topological polar surface area (TPSA) is 33.5 Å². The van der Waals surface area contributed by atoms with Crippen molar-refractivity contribution >= 4 is 29.1 Å². The van der Waals surface area contributed by atoms with Crippen molar-refractivity contribution in [1.82, 2.24) is 5.32 Å². The Hall–Kier alpha value is -1.62. The van der Waals surface area contributed by atoms with Crippen molar-refractivity contribution in [2.75, 3.05) is 13.6 Å². The van der Waals surface area contributed by atoms with Crippen LogP contribution in [-0.4, -0.2) is 19.5 Å². The van der Waals surface area contributed by atoms with E-state index in [2.05, 4.69) is 5.32 Å². The van der Waals surface area contributed by atoms with Gasteiger partial charge in [-0.3, -0.25) is 4.79 Å². The molecule has 6 heteroatoms. The molecule has 0 saturated heterocycles. The average molecular weight is 370 g/mol. The van der Waals surface area contributed by atoms with Gasteiger partial charge >= 0.3 is 0 Å². The number of benzene rings is 2. The van der Waals surface area contributed by atoms with Gasteiger partial charge in [0.1, 0.15) is 12.4 Å². The molecule has 2 rings (SSSR count). The van der Waals surface area contributed by atoms with E-state index in [4.69, 9.17) is 23.2 Å². The van der Waals surface area contributed by atoms with Crippen molar-refractivity contribution in [2.45, 2.75) is 19.5 Å². The Morgan fingerprint density at radius 2 is 1.83 bits per heavy atom. The zero-order valence-electron chi connectivity index (χ0n) is 13.6. The van der Waals surface area contributed by atoms with Crippen LogP contribution in [0.15, 0.2) is 42.5 Å². The standard InChI is InChI=1S/C18H19Cl2FN2O/c1-12(13-6-3-4-7-15(13)19)22-18(24)11-23(2)10-14-16(20)8-5-9-17(14)21/h3-9,12H,10-11H2,1-2H3,(H,22,24)/p+1/t12-/m1/s1. The highest BCUT2D eigenvalue weighted by Gasteiger charge is 2.18. The van der Waals surface area contributed by atoms with Crippen LogP contribution in [0.25, 0.3) is 0 Å². The molecule has 128 valence electrons. The smallest absolute Gasteiger partial charge is 0.275 e. The van der Waals surface area contributed by atoms with E-state index in [1.165, 1.54) is 6.07 Å². The number of hydrogen-bond acceptors (Lipinski definition) is 1. The summed E-state index contributed by atoms with van der Waals surface area (Å²) in [5.41, 5.74) is 1.28. The zero-order valence-corrected chi connectivity index (χ0v) is 15.1. The van der Waals surface area contributed by atoms with E-state index >= 15 is 0 Å². The van der Waals surface area contributed by atoms with Gasteiger partial charge in [0.2, 0.25) is 0 Å². The summed E-state index contributed by atoms with van der Waals surface area (Å²) in [5.74, 6) is -0.487. The van der Waals surface area contributed by atoms with Crippen LogP contribution in [0.2, 0.25) is 10.0 Å². The second-order valence-corrected chi connectivity index (χ2v) is 6.64. The van der Waals surface area contributed by atoms with Crippen LogP contribution < -0.4 is 10.2 Å². The monoisotopic (exact) mass is 369 g/mol. The number of carbonyl (C=O) groups is 1. The molecule has 3 nitrogen and oxygen atoms in total. The Kier molecular flexibility index (Phi) is 6.60. The lowest BCUT2D eigenvalue weighted by Crippen LogP contribution is -3.09. The highest BCUT2D eigenvalue weighted by Crippen LogP contribution is 2.22. The number of carbonyl (C=O) groups excluding carboxylic acids is 1. The van der Waals surface area contributed by atoms with E-state index in [-0.39, 0.29) is 24.3 Å². The minimum absolute atomic E-state index is 0.132. The van der Waals surface area contributed by atoms with Gasteiger partial charge in [-0.15, -0.1) is 0 Å². The van der Waals surface area contributed by atoms with Crippen molar-refractivity contribution < 1.29 is 14.1 Å². The lowest BCUT2D eigenvalue weighted by molar-refractivity contribution is -0.885. The van der Waals surface area contributed by atoms with Gasteiger partial charge in [0.15, 0.2) is 6.54 Å². The number of likely N-dealkylation sites (N-methyl/N-ethyl adjacent to an activating group) is 1. The quantitative estimate of drug-likeness (QED) is 0.805. The Morgan fingerprint density at radius 3 is 2.50 bits per heavy atom. The molecule has 0 radical (unpaired) electrons. The summed E-state index contributed by atoms with van der Waals surface area (Å²) in [6, 6.07) is 11.8. The van der Waals surface area contributed by atoms with Gasteiger partial charge in [-0.05, 0) is 30.7 Å². The maximum Gasteiger partial charge on any atom is 0.275 e. The minimum atomic E-state index is -0.355. The first kappa shape index (κ1) is 18.7. The summed E-state index contributed by atoms with van der Waals surface area (Å²) < 4.78 is 13.8. The number of halogens is 3. The lowest BCUT2D eigenvalue weighted by Gasteiger charge is -2.18. The maximum atomic E-state index is 13.8. The van der Waals surface area contributed by atoms with E-state index in [1.54, 1.807) is 18.2 Å². The van der Waals surface area contributed by atoms with Crippen LogP contribution in [-0.2, 0) is 11.3 Å². The van der Waals surface area contributed by atoms with Crippen LogP contribution >= 0.6 is 23.2 Å². The number of nitrogens with one attached hydrogen (secondary N) is 2. The average Bonchev–Trinajstić information content (AvgIpc) is 2.51. The highest BCUT2D eigenvalue weighted by atomic mass is 35.5. The normalized spacial score (nSPS) is 13.4. The molecular formula is C18H20Cl2FN2O+. The Balaban J connectivity index is 1.93. The third kappa shape index (κ3) is 4.94. The highest BCUT2D eigenvalue weighted by molar-refractivity contribution is 6.31. The first-order chi connectivity index (χ1) is 11.4. The van der Waals surface area contributed by atoms with Gasteiger partial charge in [0, 0.05) is 5.02 Å². The Morgan fingerprint density at radius 1 is 1.17 bits per heavy atom. The van der Waals surface area contributed by atoms with E-state index in [9.17, 15) is 9.18 Å². The fraction of sp³-hybridized carbons (Fsp3) is 0.278. The van der Waals surface area contributed by atoms with E-state index in [0.717, 1.165) is 10.5 Å². The minimum Gasteiger partial charge on any atom is -0.345 e. The molecule has 0 aliphatic carbocycles. The molecule has 2 aromatic carbocycles. The molecule has 0 aromatic heterocycles. The summed E-state index contributed by atoms with van der Waals surface area (Å²) in [6.07, 6.45) is 0. The summed E-state index contributed by atoms with van der Waals surface area (Å²) >= 11 is 12.2. The zero-order chi connectivity index (χ0) is 17.7. The van der Waals surface area contributed by atoms with Crippen LogP contribution in [0.5, 0.6) is 0 Å². The fourth-order valence-electron chi connectivity index (χ4n) is 2.54. The van der Waals surface area contributed by atoms with Gasteiger partial charge in [0.25, 0.3) is 5.91 Å². The molecule has 0 aliphatic rings. The molecule has 2 atom stereocenters. The maximum absolute atomic E-state index is 13.8. The molecule has 0 spiro atoms. The molecule has 24 heavy (non-hydrogen) atoms. The van der Waals surface area contributed by atoms with Gasteiger partial charge in [-0.25, -0.2) is 4.39 Å². The lowest BCUT2D eigenvalue weighted by atomic mass is 10.1. The second-order valence-electron chi connectivity index (χ2n) is 5.82. The molecule has 0 saturated carbocycles.